The predicted octanol–water partition coefficient (Wildman–Crippen LogP) is 3.32. The molecule has 1 saturated heterocycles. The maximum absolute atomic E-state index is 12.4. The van der Waals surface area contributed by atoms with Crippen LogP contribution in [-0.4, -0.2) is 41.6 Å². The number of rotatable bonds is 2. The van der Waals surface area contributed by atoms with Crippen molar-refractivity contribution >= 4 is 28.8 Å². The van der Waals surface area contributed by atoms with Crippen molar-refractivity contribution in [3.63, 3.8) is 0 Å². The molecule has 1 atom stereocenters. The highest BCUT2D eigenvalue weighted by atomic mass is 35.5. The van der Waals surface area contributed by atoms with E-state index in [1.54, 1.807) is 4.90 Å². The second-order valence-electron chi connectivity index (χ2n) is 4.98. The Morgan fingerprint density at radius 2 is 2.19 bits per heavy atom. The summed E-state index contributed by atoms with van der Waals surface area (Å²) in [5.74, 6) is -0.0263. The lowest BCUT2D eigenvalue weighted by molar-refractivity contribution is -0.0126. The van der Waals surface area contributed by atoms with E-state index in [-0.39, 0.29) is 12.0 Å². The van der Waals surface area contributed by atoms with Crippen molar-refractivity contribution in [2.75, 3.05) is 19.7 Å². The molecule has 1 amide bonds. The van der Waals surface area contributed by atoms with E-state index in [1.165, 1.54) is 11.3 Å². The van der Waals surface area contributed by atoms with Crippen LogP contribution in [0.5, 0.6) is 0 Å². The van der Waals surface area contributed by atoms with Crippen LogP contribution >= 0.6 is 22.9 Å². The average Bonchev–Trinajstić information content (AvgIpc) is 2.97. The van der Waals surface area contributed by atoms with Gasteiger partial charge in [-0.15, -0.1) is 11.3 Å². The normalized spacial score (nSPS) is 18.8. The number of morpholine rings is 1. The molecule has 2 aromatic rings. The molecule has 0 bridgehead atoms. The number of amides is 1. The lowest BCUT2D eigenvalue weighted by Crippen LogP contribution is -2.44. The molecule has 1 fully saturated rings. The molecule has 2 heterocycles. The van der Waals surface area contributed by atoms with Crippen molar-refractivity contribution in [1.29, 1.82) is 0 Å². The minimum atomic E-state index is -0.0263. The molecule has 3 rings (SSSR count). The van der Waals surface area contributed by atoms with E-state index in [0.29, 0.717) is 30.4 Å². The fourth-order valence-corrected chi connectivity index (χ4v) is 3.19. The number of thiazole rings is 1. The second-order valence-corrected chi connectivity index (χ2v) is 6.27. The maximum atomic E-state index is 12.4. The minimum Gasteiger partial charge on any atom is -0.375 e. The van der Waals surface area contributed by atoms with Gasteiger partial charge in [-0.2, -0.15) is 0 Å². The summed E-state index contributed by atoms with van der Waals surface area (Å²) in [5.41, 5.74) is 1.47. The number of benzene rings is 1. The molecule has 0 spiro atoms. The number of hydrogen-bond donors (Lipinski definition) is 0. The highest BCUT2D eigenvalue weighted by Crippen LogP contribution is 2.25. The molecule has 0 unspecified atom stereocenters. The van der Waals surface area contributed by atoms with Crippen LogP contribution in [0.3, 0.4) is 0 Å². The number of hydrogen-bond acceptors (Lipinski definition) is 4. The largest absolute Gasteiger partial charge is 0.375 e. The van der Waals surface area contributed by atoms with Gasteiger partial charge in [0, 0.05) is 29.1 Å². The Labute approximate surface area is 132 Å². The predicted molar refractivity (Wildman–Crippen MR) is 83.9 cm³/mol. The summed E-state index contributed by atoms with van der Waals surface area (Å²) in [5, 5.41) is 3.33. The summed E-state index contributed by atoms with van der Waals surface area (Å²) in [6.07, 6.45) is 0.0806. The van der Waals surface area contributed by atoms with Crippen LogP contribution in [0, 0.1) is 0 Å². The summed E-state index contributed by atoms with van der Waals surface area (Å²) in [6, 6.07) is 7.46. The molecule has 1 aromatic carbocycles. The zero-order valence-corrected chi connectivity index (χ0v) is 13.2. The minimum absolute atomic E-state index is 0.0263. The van der Waals surface area contributed by atoms with E-state index in [1.807, 2.05) is 36.6 Å². The fraction of sp³-hybridized carbons (Fsp3) is 0.333. The highest BCUT2D eigenvalue weighted by molar-refractivity contribution is 7.13. The molecule has 0 saturated carbocycles. The van der Waals surface area contributed by atoms with Gasteiger partial charge in [0.2, 0.25) is 0 Å². The van der Waals surface area contributed by atoms with Crippen LogP contribution in [0.1, 0.15) is 17.4 Å². The Bertz CT molecular complexity index is 641. The molecule has 4 nitrogen and oxygen atoms in total. The van der Waals surface area contributed by atoms with Crippen molar-refractivity contribution in [3.05, 3.63) is 40.4 Å². The summed E-state index contributed by atoms with van der Waals surface area (Å²) < 4.78 is 5.46. The Kier molecular flexibility index (Phi) is 4.24. The van der Waals surface area contributed by atoms with Gasteiger partial charge in [-0.05, 0) is 19.1 Å². The van der Waals surface area contributed by atoms with Gasteiger partial charge in [-0.25, -0.2) is 4.98 Å². The SMILES string of the molecule is C[C@@H]1CN(C(=O)c2csc(-c3ccc(Cl)cc3)n2)CCO1. The van der Waals surface area contributed by atoms with Gasteiger partial charge in [0.15, 0.2) is 0 Å². The molecular weight excluding hydrogens is 308 g/mol. The molecule has 0 radical (unpaired) electrons. The highest BCUT2D eigenvalue weighted by Gasteiger charge is 2.24. The fourth-order valence-electron chi connectivity index (χ4n) is 2.26. The number of nitrogens with zero attached hydrogens (tertiary/aromatic N) is 2. The summed E-state index contributed by atoms with van der Waals surface area (Å²) in [4.78, 5) is 18.7. The van der Waals surface area contributed by atoms with Gasteiger partial charge in [-0.1, -0.05) is 23.7 Å². The topological polar surface area (TPSA) is 42.4 Å². The van der Waals surface area contributed by atoms with Crippen molar-refractivity contribution in [3.8, 4) is 10.6 Å². The van der Waals surface area contributed by atoms with E-state index < -0.39 is 0 Å². The van der Waals surface area contributed by atoms with E-state index in [0.717, 1.165) is 10.6 Å². The molecule has 1 aliphatic heterocycles. The van der Waals surface area contributed by atoms with Crippen molar-refractivity contribution in [2.24, 2.45) is 0 Å². The third kappa shape index (κ3) is 3.26. The zero-order chi connectivity index (χ0) is 14.8. The molecule has 0 aliphatic carbocycles. The lowest BCUT2D eigenvalue weighted by Gasteiger charge is -2.30. The maximum Gasteiger partial charge on any atom is 0.273 e. The van der Waals surface area contributed by atoms with Crippen LogP contribution in [0.25, 0.3) is 10.6 Å². The Morgan fingerprint density at radius 1 is 1.43 bits per heavy atom. The Morgan fingerprint density at radius 3 is 2.90 bits per heavy atom. The first-order valence-corrected chi connectivity index (χ1v) is 8.01. The van der Waals surface area contributed by atoms with Gasteiger partial charge in [0.25, 0.3) is 5.91 Å². The second kappa shape index (κ2) is 6.13. The summed E-state index contributed by atoms with van der Waals surface area (Å²) >= 11 is 7.35. The van der Waals surface area contributed by atoms with Gasteiger partial charge < -0.3 is 9.64 Å². The number of aromatic nitrogens is 1. The van der Waals surface area contributed by atoms with Crippen molar-refractivity contribution in [1.82, 2.24) is 9.88 Å². The summed E-state index contributed by atoms with van der Waals surface area (Å²) in [6.45, 7) is 3.80. The van der Waals surface area contributed by atoms with Crippen LogP contribution in [0.15, 0.2) is 29.6 Å². The van der Waals surface area contributed by atoms with Crippen LogP contribution in [0.2, 0.25) is 5.02 Å². The standard InChI is InChI=1S/C15H15ClN2O2S/c1-10-8-18(6-7-20-10)15(19)13-9-21-14(17-13)11-2-4-12(16)5-3-11/h2-5,9-10H,6-8H2,1H3/t10-/m1/s1. The molecule has 1 aromatic heterocycles. The monoisotopic (exact) mass is 322 g/mol. The molecule has 110 valence electrons. The molecule has 1 aliphatic rings. The number of halogens is 1. The number of carbonyl (C=O) groups excluding carboxylic acids is 1. The molecule has 6 heteroatoms. The first-order valence-electron chi connectivity index (χ1n) is 6.76. The van der Waals surface area contributed by atoms with Gasteiger partial charge >= 0.3 is 0 Å². The van der Waals surface area contributed by atoms with Crippen molar-refractivity contribution in [2.45, 2.75) is 13.0 Å². The first kappa shape index (κ1) is 14.5. The Balaban J connectivity index is 1.78. The lowest BCUT2D eigenvalue weighted by atomic mass is 10.2. The number of ether oxygens (including phenoxy) is 1. The van der Waals surface area contributed by atoms with Gasteiger partial charge in [0.05, 0.1) is 12.7 Å². The summed E-state index contributed by atoms with van der Waals surface area (Å²) in [7, 11) is 0. The molecule has 21 heavy (non-hydrogen) atoms. The third-order valence-corrected chi connectivity index (χ3v) is 4.49. The van der Waals surface area contributed by atoms with Gasteiger partial charge in [0.1, 0.15) is 10.7 Å². The third-order valence-electron chi connectivity index (χ3n) is 3.34. The van der Waals surface area contributed by atoms with Gasteiger partial charge in [-0.3, -0.25) is 4.79 Å². The van der Waals surface area contributed by atoms with Crippen LogP contribution in [-0.2, 0) is 4.74 Å². The number of carbonyl (C=O) groups is 1. The first-order chi connectivity index (χ1) is 10.1. The Hall–Kier alpha value is -1.43. The van der Waals surface area contributed by atoms with Crippen LogP contribution < -0.4 is 0 Å². The van der Waals surface area contributed by atoms with E-state index in [2.05, 4.69) is 4.98 Å². The van der Waals surface area contributed by atoms with Crippen LogP contribution in [0.4, 0.5) is 0 Å². The molecular formula is C15H15ClN2O2S. The zero-order valence-electron chi connectivity index (χ0n) is 11.6. The average molecular weight is 323 g/mol. The van der Waals surface area contributed by atoms with E-state index >= 15 is 0 Å². The van der Waals surface area contributed by atoms with Crippen molar-refractivity contribution < 1.29 is 9.53 Å². The smallest absolute Gasteiger partial charge is 0.273 e. The molecule has 0 N–H and O–H groups in total. The van der Waals surface area contributed by atoms with E-state index in [4.69, 9.17) is 16.3 Å². The quantitative estimate of drug-likeness (QED) is 0.851. The van der Waals surface area contributed by atoms with E-state index in [9.17, 15) is 4.79 Å².